The molecule has 0 saturated carbocycles. The summed E-state index contributed by atoms with van der Waals surface area (Å²) in [5.41, 5.74) is 1.57. The maximum absolute atomic E-state index is 11.4. The van der Waals surface area contributed by atoms with Crippen molar-refractivity contribution in [1.29, 1.82) is 0 Å². The summed E-state index contributed by atoms with van der Waals surface area (Å²) in [5, 5.41) is 18.7. The molecule has 2 rings (SSSR count). The number of carbonyl (C=O) groups is 1. The van der Waals surface area contributed by atoms with Crippen LogP contribution < -0.4 is 5.32 Å². The second-order valence-corrected chi connectivity index (χ2v) is 5.32. The first-order valence-corrected chi connectivity index (χ1v) is 7.00. The topological polar surface area (TPSA) is 67.2 Å². The number of aliphatic carboxylic acids is 1. The summed E-state index contributed by atoms with van der Waals surface area (Å²) < 4.78 is 1.66. The van der Waals surface area contributed by atoms with Gasteiger partial charge in [-0.05, 0) is 17.9 Å². The number of rotatable bonds is 6. The van der Waals surface area contributed by atoms with Gasteiger partial charge in [-0.3, -0.25) is 14.8 Å². The zero-order chi connectivity index (χ0) is 13.8. The Hall–Kier alpha value is -1.66. The van der Waals surface area contributed by atoms with Crippen molar-refractivity contribution in [2.45, 2.75) is 25.9 Å². The summed E-state index contributed by atoms with van der Waals surface area (Å²) in [5.74, 6) is -0.876. The summed E-state index contributed by atoms with van der Waals surface area (Å²) in [7, 11) is 1.81. The van der Waals surface area contributed by atoms with E-state index in [2.05, 4.69) is 10.4 Å². The number of nitrogens with zero attached hydrogens (tertiary/aromatic N) is 2. The maximum Gasteiger partial charge on any atom is 0.325 e. The number of carboxylic acids is 1. The van der Waals surface area contributed by atoms with E-state index >= 15 is 0 Å². The molecule has 0 aromatic carbocycles. The first kappa shape index (κ1) is 13.8. The van der Waals surface area contributed by atoms with Gasteiger partial charge in [0.25, 0.3) is 0 Å². The second-order valence-electron chi connectivity index (χ2n) is 4.29. The highest BCUT2D eigenvalue weighted by atomic mass is 32.1. The minimum absolute atomic E-state index is 0.548. The first-order valence-electron chi connectivity index (χ1n) is 6.12. The molecule has 0 amide bonds. The summed E-state index contributed by atoms with van der Waals surface area (Å²) in [6.07, 6.45) is 2.50. The highest BCUT2D eigenvalue weighted by Crippen LogP contribution is 2.19. The van der Waals surface area contributed by atoms with Crippen molar-refractivity contribution in [2.75, 3.05) is 0 Å². The summed E-state index contributed by atoms with van der Waals surface area (Å²) in [6.45, 7) is 2.52. The molecule has 0 bridgehead atoms. The number of carboxylic acid groups (broad SMARTS) is 1. The molecule has 1 unspecified atom stereocenters. The zero-order valence-corrected chi connectivity index (χ0v) is 11.8. The quantitative estimate of drug-likeness (QED) is 0.848. The van der Waals surface area contributed by atoms with E-state index in [0.29, 0.717) is 6.54 Å². The predicted octanol–water partition coefficient (Wildman–Crippen LogP) is 1.96. The van der Waals surface area contributed by atoms with Crippen LogP contribution in [0.25, 0.3) is 0 Å². The molecule has 1 atom stereocenters. The average molecular weight is 279 g/mol. The van der Waals surface area contributed by atoms with Gasteiger partial charge in [0.05, 0.1) is 5.69 Å². The van der Waals surface area contributed by atoms with Gasteiger partial charge in [0, 0.05) is 30.2 Å². The lowest BCUT2D eigenvalue weighted by Crippen LogP contribution is -2.28. The Balaban J connectivity index is 2.17. The van der Waals surface area contributed by atoms with Crippen LogP contribution in [0.1, 0.15) is 29.1 Å². The Morgan fingerprint density at radius 3 is 3.00 bits per heavy atom. The maximum atomic E-state index is 11.4. The van der Waals surface area contributed by atoms with Gasteiger partial charge in [-0.2, -0.15) is 5.10 Å². The number of aromatic nitrogens is 2. The van der Waals surface area contributed by atoms with E-state index in [9.17, 15) is 9.90 Å². The first-order chi connectivity index (χ1) is 9.11. The monoisotopic (exact) mass is 279 g/mol. The Labute approximate surface area is 115 Å². The minimum Gasteiger partial charge on any atom is -0.480 e. The average Bonchev–Trinajstić information content (AvgIpc) is 2.98. The molecule has 0 saturated heterocycles. The van der Waals surface area contributed by atoms with E-state index in [4.69, 9.17) is 0 Å². The van der Waals surface area contributed by atoms with Gasteiger partial charge in [0.2, 0.25) is 0 Å². The lowest BCUT2D eigenvalue weighted by molar-refractivity contribution is -0.139. The summed E-state index contributed by atoms with van der Waals surface area (Å²) in [6, 6.07) is 3.23. The molecule has 0 radical (unpaired) electrons. The van der Waals surface area contributed by atoms with Crippen molar-refractivity contribution in [3.63, 3.8) is 0 Å². The van der Waals surface area contributed by atoms with E-state index < -0.39 is 12.0 Å². The van der Waals surface area contributed by atoms with Crippen LogP contribution in [0.4, 0.5) is 0 Å². The molecule has 2 heterocycles. The normalized spacial score (nSPS) is 12.5. The minimum atomic E-state index is -0.876. The van der Waals surface area contributed by atoms with Crippen molar-refractivity contribution in [3.05, 3.63) is 39.8 Å². The molecule has 2 aromatic heterocycles. The molecular formula is C13H17N3O2S. The molecule has 2 aromatic rings. The fraction of sp³-hybridized carbons (Fsp3) is 0.385. The molecule has 19 heavy (non-hydrogen) atoms. The second kappa shape index (κ2) is 5.99. The lowest BCUT2D eigenvalue weighted by Gasteiger charge is -2.13. The van der Waals surface area contributed by atoms with Crippen LogP contribution in [0.15, 0.2) is 23.7 Å². The number of hydrogen-bond donors (Lipinski definition) is 2. The number of thiophene rings is 1. The van der Waals surface area contributed by atoms with Crippen molar-refractivity contribution in [1.82, 2.24) is 15.1 Å². The fourth-order valence-corrected chi connectivity index (χ4v) is 2.67. The Morgan fingerprint density at radius 2 is 2.42 bits per heavy atom. The molecule has 0 spiro atoms. The van der Waals surface area contributed by atoms with E-state index in [-0.39, 0.29) is 0 Å². The third-order valence-corrected chi connectivity index (χ3v) is 3.77. The van der Waals surface area contributed by atoms with Crippen molar-refractivity contribution in [3.8, 4) is 0 Å². The SMILES string of the molecule is CCc1nn(C)cc1C(NCc1cccs1)C(=O)O. The number of nitrogens with one attached hydrogen (secondary N) is 1. The highest BCUT2D eigenvalue weighted by molar-refractivity contribution is 7.09. The Kier molecular flexibility index (Phi) is 4.34. The summed E-state index contributed by atoms with van der Waals surface area (Å²) in [4.78, 5) is 12.6. The van der Waals surface area contributed by atoms with Gasteiger partial charge < -0.3 is 5.11 Å². The third-order valence-electron chi connectivity index (χ3n) is 2.89. The molecule has 5 nitrogen and oxygen atoms in total. The molecule has 0 fully saturated rings. The molecule has 6 heteroatoms. The predicted molar refractivity (Wildman–Crippen MR) is 74.1 cm³/mol. The van der Waals surface area contributed by atoms with Crippen molar-refractivity contribution >= 4 is 17.3 Å². The Morgan fingerprint density at radius 1 is 1.63 bits per heavy atom. The Bertz CT molecular complexity index is 548. The third kappa shape index (κ3) is 3.21. The smallest absolute Gasteiger partial charge is 0.325 e. The molecule has 102 valence electrons. The number of hydrogen-bond acceptors (Lipinski definition) is 4. The molecule has 2 N–H and O–H groups in total. The van der Waals surface area contributed by atoms with Crippen LogP contribution in [0, 0.1) is 0 Å². The fourth-order valence-electron chi connectivity index (χ4n) is 2.01. The largest absolute Gasteiger partial charge is 0.480 e. The van der Waals surface area contributed by atoms with Crippen LogP contribution in [-0.4, -0.2) is 20.9 Å². The highest BCUT2D eigenvalue weighted by Gasteiger charge is 2.24. The zero-order valence-electron chi connectivity index (χ0n) is 11.0. The van der Waals surface area contributed by atoms with Gasteiger partial charge in [-0.1, -0.05) is 13.0 Å². The summed E-state index contributed by atoms with van der Waals surface area (Å²) >= 11 is 1.61. The van der Waals surface area contributed by atoms with Crippen LogP contribution in [0.5, 0.6) is 0 Å². The van der Waals surface area contributed by atoms with Gasteiger partial charge >= 0.3 is 5.97 Å². The van der Waals surface area contributed by atoms with Crippen molar-refractivity contribution in [2.24, 2.45) is 7.05 Å². The van der Waals surface area contributed by atoms with Crippen LogP contribution >= 0.6 is 11.3 Å². The lowest BCUT2D eigenvalue weighted by atomic mass is 10.1. The van der Waals surface area contributed by atoms with E-state index in [1.165, 1.54) is 0 Å². The van der Waals surface area contributed by atoms with Gasteiger partial charge in [-0.15, -0.1) is 11.3 Å². The molecular weight excluding hydrogens is 262 g/mol. The number of aryl methyl sites for hydroxylation is 2. The van der Waals surface area contributed by atoms with E-state index in [1.807, 2.05) is 24.4 Å². The van der Waals surface area contributed by atoms with Crippen molar-refractivity contribution < 1.29 is 9.90 Å². The van der Waals surface area contributed by atoms with E-state index in [1.54, 1.807) is 29.3 Å². The molecule has 0 aliphatic rings. The standard InChI is InChI=1S/C13H17N3O2S/c1-3-11-10(8-16(2)15-11)12(13(17)18)14-7-9-5-4-6-19-9/h4-6,8,12,14H,3,7H2,1-2H3,(H,17,18). The van der Waals surface area contributed by atoms with Gasteiger partial charge in [0.15, 0.2) is 0 Å². The molecule has 0 aliphatic carbocycles. The van der Waals surface area contributed by atoms with Gasteiger partial charge in [0.1, 0.15) is 6.04 Å². The molecule has 0 aliphatic heterocycles. The van der Waals surface area contributed by atoms with Crippen LogP contribution in [-0.2, 0) is 24.8 Å². The van der Waals surface area contributed by atoms with Crippen LogP contribution in [0.2, 0.25) is 0 Å². The van der Waals surface area contributed by atoms with E-state index in [0.717, 1.165) is 22.6 Å². The van der Waals surface area contributed by atoms with Gasteiger partial charge in [-0.25, -0.2) is 0 Å². The van der Waals surface area contributed by atoms with Crippen LogP contribution in [0.3, 0.4) is 0 Å².